The smallest absolute Gasteiger partial charge is 0.191 e. The molecule has 0 bridgehead atoms. The van der Waals surface area contributed by atoms with Crippen molar-refractivity contribution in [3.8, 4) is 0 Å². The van der Waals surface area contributed by atoms with Gasteiger partial charge in [0.2, 0.25) is 0 Å². The van der Waals surface area contributed by atoms with Crippen LogP contribution in [0.4, 0.5) is 0 Å². The lowest BCUT2D eigenvalue weighted by atomic mass is 10.0. The molecule has 0 spiro atoms. The van der Waals surface area contributed by atoms with E-state index in [4.69, 9.17) is 14.5 Å². The molecule has 1 fully saturated rings. The maximum atomic E-state index is 5.84. The average Bonchev–Trinajstić information content (AvgIpc) is 3.22. The number of imidazole rings is 1. The topological polar surface area (TPSA) is 72.7 Å². The third-order valence-corrected chi connectivity index (χ3v) is 5.17. The van der Waals surface area contributed by atoms with E-state index in [1.54, 1.807) is 0 Å². The van der Waals surface area contributed by atoms with Gasteiger partial charge in [0, 0.05) is 58.5 Å². The fourth-order valence-corrected chi connectivity index (χ4v) is 3.45. The number of nitrogens with one attached hydrogen (secondary N) is 2. The zero-order valence-electron chi connectivity index (χ0n) is 18.5. The van der Waals surface area contributed by atoms with Crippen LogP contribution in [0.2, 0.25) is 0 Å². The molecule has 2 heterocycles. The molecule has 1 aromatic carbocycles. The molecule has 0 radical (unpaired) electrons. The number of benzene rings is 1. The molecule has 31 heavy (non-hydrogen) atoms. The quantitative estimate of drug-likeness (QED) is 0.198. The Bertz CT molecular complexity index is 747. The molecule has 0 saturated carbocycles. The van der Waals surface area contributed by atoms with Gasteiger partial charge in [0.25, 0.3) is 0 Å². The first kappa shape index (κ1) is 25.6. The fourth-order valence-electron chi connectivity index (χ4n) is 3.45. The van der Waals surface area contributed by atoms with Crippen LogP contribution in [0.15, 0.2) is 47.7 Å². The number of rotatable bonds is 11. The van der Waals surface area contributed by atoms with Crippen LogP contribution in [0.5, 0.6) is 0 Å². The Morgan fingerprint density at radius 2 is 2.03 bits per heavy atom. The van der Waals surface area contributed by atoms with Crippen LogP contribution in [0.3, 0.4) is 0 Å². The molecule has 3 rings (SSSR count). The number of aromatic nitrogens is 2. The van der Waals surface area contributed by atoms with Crippen LogP contribution in [0.25, 0.3) is 0 Å². The molecule has 2 aromatic rings. The van der Waals surface area contributed by atoms with Gasteiger partial charge in [0.05, 0.1) is 0 Å². The van der Waals surface area contributed by atoms with E-state index in [2.05, 4.69) is 51.4 Å². The minimum Gasteiger partial charge on any atom is -0.381 e. The zero-order valence-corrected chi connectivity index (χ0v) is 20.8. The van der Waals surface area contributed by atoms with E-state index in [-0.39, 0.29) is 24.0 Å². The second-order valence-electron chi connectivity index (χ2n) is 7.56. The summed E-state index contributed by atoms with van der Waals surface area (Å²) in [4.78, 5) is 9.19. The van der Waals surface area contributed by atoms with Gasteiger partial charge in [-0.25, -0.2) is 9.98 Å². The first-order valence-electron chi connectivity index (χ1n) is 11.1. The summed E-state index contributed by atoms with van der Waals surface area (Å²) in [6.45, 7) is 8.44. The lowest BCUT2D eigenvalue weighted by Gasteiger charge is -2.21. The zero-order chi connectivity index (χ0) is 20.9. The second-order valence-corrected chi connectivity index (χ2v) is 7.56. The summed E-state index contributed by atoms with van der Waals surface area (Å²) < 4.78 is 13.4. The van der Waals surface area contributed by atoms with Crippen molar-refractivity contribution >= 4 is 29.9 Å². The summed E-state index contributed by atoms with van der Waals surface area (Å²) in [5.41, 5.74) is 1.26. The SMILES string of the molecule is CCNC(=NCc1nccn1Cc1ccccc1)NCCCOCC1CCOCC1.I. The van der Waals surface area contributed by atoms with E-state index in [0.717, 1.165) is 77.1 Å². The highest BCUT2D eigenvalue weighted by molar-refractivity contribution is 14.0. The molecular weight excluding hydrogens is 505 g/mol. The number of aliphatic imine (C=N–C) groups is 1. The van der Waals surface area contributed by atoms with Crippen LogP contribution in [-0.4, -0.2) is 55.0 Å². The molecule has 1 aliphatic rings. The van der Waals surface area contributed by atoms with Crippen molar-refractivity contribution < 1.29 is 9.47 Å². The minimum atomic E-state index is 0. The molecule has 8 heteroatoms. The van der Waals surface area contributed by atoms with Crippen LogP contribution in [-0.2, 0) is 22.6 Å². The van der Waals surface area contributed by atoms with Gasteiger partial charge in [0.15, 0.2) is 5.96 Å². The number of guanidine groups is 1. The second kappa shape index (κ2) is 15.2. The third kappa shape index (κ3) is 9.57. The number of nitrogens with zero attached hydrogens (tertiary/aromatic N) is 3. The molecular formula is C23H36IN5O2. The molecule has 0 atom stereocenters. The summed E-state index contributed by atoms with van der Waals surface area (Å²) in [6, 6.07) is 10.4. The fraction of sp³-hybridized carbons (Fsp3) is 0.565. The van der Waals surface area contributed by atoms with Crippen molar-refractivity contribution in [3.63, 3.8) is 0 Å². The highest BCUT2D eigenvalue weighted by Crippen LogP contribution is 2.14. The van der Waals surface area contributed by atoms with E-state index in [9.17, 15) is 0 Å². The number of ether oxygens (including phenoxy) is 2. The van der Waals surface area contributed by atoms with Crippen molar-refractivity contribution in [2.24, 2.45) is 10.9 Å². The lowest BCUT2D eigenvalue weighted by molar-refractivity contribution is 0.0203. The first-order chi connectivity index (χ1) is 14.8. The molecule has 172 valence electrons. The summed E-state index contributed by atoms with van der Waals surface area (Å²) in [6.07, 6.45) is 7.04. The Balaban J connectivity index is 0.00000341. The lowest BCUT2D eigenvalue weighted by Crippen LogP contribution is -2.38. The Hall–Kier alpha value is -1.65. The van der Waals surface area contributed by atoms with E-state index >= 15 is 0 Å². The summed E-state index contributed by atoms with van der Waals surface area (Å²) in [5.74, 6) is 2.43. The molecule has 2 N–H and O–H groups in total. The van der Waals surface area contributed by atoms with E-state index in [1.807, 2.05) is 18.5 Å². The monoisotopic (exact) mass is 541 g/mol. The minimum absolute atomic E-state index is 0. The summed E-state index contributed by atoms with van der Waals surface area (Å²) in [7, 11) is 0. The van der Waals surface area contributed by atoms with Gasteiger partial charge in [-0.2, -0.15) is 0 Å². The van der Waals surface area contributed by atoms with E-state index in [0.29, 0.717) is 12.5 Å². The highest BCUT2D eigenvalue weighted by atomic mass is 127. The van der Waals surface area contributed by atoms with Crippen molar-refractivity contribution in [1.29, 1.82) is 0 Å². The Morgan fingerprint density at radius 1 is 1.23 bits per heavy atom. The Kier molecular flexibility index (Phi) is 12.6. The average molecular weight is 541 g/mol. The van der Waals surface area contributed by atoms with Gasteiger partial charge in [-0.15, -0.1) is 24.0 Å². The largest absolute Gasteiger partial charge is 0.381 e. The van der Waals surface area contributed by atoms with Gasteiger partial charge in [-0.3, -0.25) is 0 Å². The van der Waals surface area contributed by atoms with Gasteiger partial charge >= 0.3 is 0 Å². The Morgan fingerprint density at radius 3 is 2.81 bits per heavy atom. The molecule has 1 aromatic heterocycles. The van der Waals surface area contributed by atoms with Gasteiger partial charge in [-0.05, 0) is 37.7 Å². The Labute approximate surface area is 203 Å². The summed E-state index contributed by atoms with van der Waals surface area (Å²) in [5, 5.41) is 6.70. The van der Waals surface area contributed by atoms with Gasteiger partial charge in [-0.1, -0.05) is 30.3 Å². The van der Waals surface area contributed by atoms with Crippen LogP contribution >= 0.6 is 24.0 Å². The normalized spacial score (nSPS) is 14.8. The van der Waals surface area contributed by atoms with Gasteiger partial charge < -0.3 is 24.7 Å². The molecule has 7 nitrogen and oxygen atoms in total. The molecule has 1 saturated heterocycles. The van der Waals surface area contributed by atoms with Crippen molar-refractivity contribution in [1.82, 2.24) is 20.2 Å². The maximum Gasteiger partial charge on any atom is 0.191 e. The van der Waals surface area contributed by atoms with Crippen LogP contribution in [0.1, 0.15) is 37.6 Å². The number of halogens is 1. The van der Waals surface area contributed by atoms with E-state index in [1.165, 1.54) is 5.56 Å². The molecule has 0 amide bonds. The standard InChI is InChI=1S/C23H35N5O2.HI/c1-2-24-23(26-11-6-14-30-19-21-9-15-29-16-10-21)27-17-22-25-12-13-28(22)18-20-7-4-3-5-8-20;/h3-5,7-8,12-13,21H,2,6,9-11,14-19H2,1H3,(H2,24,26,27);1H. The molecule has 1 aliphatic heterocycles. The highest BCUT2D eigenvalue weighted by Gasteiger charge is 2.13. The maximum absolute atomic E-state index is 5.84. The number of hydrogen-bond acceptors (Lipinski definition) is 4. The predicted octanol–water partition coefficient (Wildman–Crippen LogP) is 3.44. The molecule has 0 unspecified atom stereocenters. The van der Waals surface area contributed by atoms with Crippen molar-refractivity contribution in [2.45, 2.75) is 39.3 Å². The number of hydrogen-bond donors (Lipinski definition) is 2. The van der Waals surface area contributed by atoms with Crippen LogP contribution in [0, 0.1) is 5.92 Å². The van der Waals surface area contributed by atoms with E-state index < -0.39 is 0 Å². The van der Waals surface area contributed by atoms with Crippen molar-refractivity contribution in [3.05, 3.63) is 54.1 Å². The first-order valence-corrected chi connectivity index (χ1v) is 11.1. The van der Waals surface area contributed by atoms with Gasteiger partial charge in [0.1, 0.15) is 12.4 Å². The molecule has 0 aliphatic carbocycles. The summed E-state index contributed by atoms with van der Waals surface area (Å²) >= 11 is 0. The van der Waals surface area contributed by atoms with Crippen molar-refractivity contribution in [2.75, 3.05) is 39.5 Å². The predicted molar refractivity (Wildman–Crippen MR) is 135 cm³/mol. The van der Waals surface area contributed by atoms with Crippen LogP contribution < -0.4 is 10.6 Å². The third-order valence-electron chi connectivity index (χ3n) is 5.17.